The maximum absolute atomic E-state index is 10.4. The highest BCUT2D eigenvalue weighted by molar-refractivity contribution is 5.85. The van der Waals surface area contributed by atoms with Crippen LogP contribution in [0.2, 0.25) is 0 Å². The number of aliphatic carboxylic acids is 1. The van der Waals surface area contributed by atoms with Gasteiger partial charge in [-0.05, 0) is 24.1 Å². The fourth-order valence-electron chi connectivity index (χ4n) is 1.20. The fraction of sp³-hybridized carbons (Fsp3) is 0.250. The smallest absolute Gasteiger partial charge is 0.328 e. The lowest BCUT2D eigenvalue weighted by atomic mass is 10.1. The first-order valence-corrected chi connectivity index (χ1v) is 4.80. The first-order valence-electron chi connectivity index (χ1n) is 4.80. The SMILES string of the molecule is CCOCc1ccccc1/C=C/C(=O)O. The Balaban J connectivity index is 2.81. The van der Waals surface area contributed by atoms with E-state index >= 15 is 0 Å². The van der Waals surface area contributed by atoms with E-state index in [1.54, 1.807) is 6.08 Å². The summed E-state index contributed by atoms with van der Waals surface area (Å²) in [6.45, 7) is 3.09. The van der Waals surface area contributed by atoms with Gasteiger partial charge in [-0.15, -0.1) is 0 Å². The zero-order valence-electron chi connectivity index (χ0n) is 8.64. The van der Waals surface area contributed by atoms with Crippen LogP contribution in [0, 0.1) is 0 Å². The Kier molecular flexibility index (Phi) is 4.57. The van der Waals surface area contributed by atoms with Crippen molar-refractivity contribution in [1.29, 1.82) is 0 Å². The number of benzene rings is 1. The van der Waals surface area contributed by atoms with E-state index in [0.29, 0.717) is 13.2 Å². The topological polar surface area (TPSA) is 46.5 Å². The number of hydrogen-bond acceptors (Lipinski definition) is 2. The minimum Gasteiger partial charge on any atom is -0.478 e. The molecule has 0 saturated carbocycles. The number of carboxylic acids is 1. The molecule has 0 saturated heterocycles. The van der Waals surface area contributed by atoms with Crippen LogP contribution in [0.4, 0.5) is 0 Å². The predicted molar refractivity (Wildman–Crippen MR) is 58.4 cm³/mol. The van der Waals surface area contributed by atoms with Crippen LogP contribution >= 0.6 is 0 Å². The number of ether oxygens (including phenoxy) is 1. The van der Waals surface area contributed by atoms with Crippen LogP contribution in [0.25, 0.3) is 6.08 Å². The highest BCUT2D eigenvalue weighted by Crippen LogP contribution is 2.11. The van der Waals surface area contributed by atoms with Crippen molar-refractivity contribution in [3.63, 3.8) is 0 Å². The maximum Gasteiger partial charge on any atom is 0.328 e. The molecule has 3 nitrogen and oxygen atoms in total. The minimum absolute atomic E-state index is 0.511. The third-order valence-electron chi connectivity index (χ3n) is 1.92. The monoisotopic (exact) mass is 206 g/mol. The molecule has 0 atom stereocenters. The predicted octanol–water partition coefficient (Wildman–Crippen LogP) is 2.32. The second-order valence-electron chi connectivity index (χ2n) is 3.01. The Morgan fingerprint density at radius 2 is 2.20 bits per heavy atom. The van der Waals surface area contributed by atoms with Crippen molar-refractivity contribution in [2.45, 2.75) is 13.5 Å². The zero-order valence-corrected chi connectivity index (χ0v) is 8.64. The van der Waals surface area contributed by atoms with E-state index in [1.807, 2.05) is 31.2 Å². The molecule has 0 heterocycles. The highest BCUT2D eigenvalue weighted by Gasteiger charge is 1.98. The molecule has 0 amide bonds. The normalized spacial score (nSPS) is 10.7. The molecule has 1 aromatic rings. The van der Waals surface area contributed by atoms with Crippen molar-refractivity contribution in [3.8, 4) is 0 Å². The minimum atomic E-state index is -0.943. The number of rotatable bonds is 5. The van der Waals surface area contributed by atoms with Gasteiger partial charge in [-0.2, -0.15) is 0 Å². The molecule has 0 radical (unpaired) electrons. The molecule has 0 bridgehead atoms. The summed E-state index contributed by atoms with van der Waals surface area (Å²) >= 11 is 0. The van der Waals surface area contributed by atoms with Crippen LogP contribution in [-0.2, 0) is 16.1 Å². The molecule has 0 spiro atoms. The molecule has 15 heavy (non-hydrogen) atoms. The number of carbonyl (C=O) groups is 1. The van der Waals surface area contributed by atoms with E-state index in [-0.39, 0.29) is 0 Å². The van der Waals surface area contributed by atoms with Gasteiger partial charge in [-0.25, -0.2) is 4.79 Å². The lowest BCUT2D eigenvalue weighted by molar-refractivity contribution is -0.131. The summed E-state index contributed by atoms with van der Waals surface area (Å²) in [5.41, 5.74) is 1.88. The summed E-state index contributed by atoms with van der Waals surface area (Å²) in [6.07, 6.45) is 2.71. The standard InChI is InChI=1S/C12H14O3/c1-2-15-9-11-6-4-3-5-10(11)7-8-12(13)14/h3-8H,2,9H2,1H3,(H,13,14)/b8-7+. The molecule has 0 aliphatic heterocycles. The van der Waals surface area contributed by atoms with E-state index in [0.717, 1.165) is 17.2 Å². The molecule has 0 fully saturated rings. The van der Waals surface area contributed by atoms with Gasteiger partial charge >= 0.3 is 5.97 Å². The second kappa shape index (κ2) is 5.98. The van der Waals surface area contributed by atoms with Gasteiger partial charge in [-0.1, -0.05) is 24.3 Å². The molecular formula is C12H14O3. The second-order valence-corrected chi connectivity index (χ2v) is 3.01. The van der Waals surface area contributed by atoms with E-state index < -0.39 is 5.97 Å². The number of hydrogen-bond donors (Lipinski definition) is 1. The third-order valence-corrected chi connectivity index (χ3v) is 1.92. The van der Waals surface area contributed by atoms with Crippen molar-refractivity contribution in [3.05, 3.63) is 41.5 Å². The Morgan fingerprint density at radius 1 is 1.47 bits per heavy atom. The van der Waals surface area contributed by atoms with Gasteiger partial charge in [0, 0.05) is 12.7 Å². The van der Waals surface area contributed by atoms with Gasteiger partial charge in [0.05, 0.1) is 6.61 Å². The molecule has 3 heteroatoms. The average Bonchev–Trinajstić information content (AvgIpc) is 2.24. The molecular weight excluding hydrogens is 192 g/mol. The Hall–Kier alpha value is -1.61. The molecule has 0 aliphatic carbocycles. The van der Waals surface area contributed by atoms with Crippen LogP contribution in [0.15, 0.2) is 30.3 Å². The summed E-state index contributed by atoms with van der Waals surface area (Å²) in [5, 5.41) is 8.52. The lowest BCUT2D eigenvalue weighted by Crippen LogP contribution is -1.95. The van der Waals surface area contributed by atoms with Gasteiger partial charge in [0.15, 0.2) is 0 Å². The summed E-state index contributed by atoms with van der Waals surface area (Å²) in [4.78, 5) is 10.4. The molecule has 0 aromatic heterocycles. The Labute approximate surface area is 89.0 Å². The summed E-state index contributed by atoms with van der Waals surface area (Å²) in [6, 6.07) is 7.58. The third kappa shape index (κ3) is 3.95. The maximum atomic E-state index is 10.4. The fourth-order valence-corrected chi connectivity index (χ4v) is 1.20. The molecule has 1 N–H and O–H groups in total. The highest BCUT2D eigenvalue weighted by atomic mass is 16.5. The van der Waals surface area contributed by atoms with Gasteiger partial charge in [-0.3, -0.25) is 0 Å². The molecule has 1 rings (SSSR count). The number of carboxylic acid groups (broad SMARTS) is 1. The van der Waals surface area contributed by atoms with E-state index in [4.69, 9.17) is 9.84 Å². The van der Waals surface area contributed by atoms with E-state index in [9.17, 15) is 4.79 Å². The quantitative estimate of drug-likeness (QED) is 0.752. The van der Waals surface area contributed by atoms with Crippen LogP contribution in [0.1, 0.15) is 18.1 Å². The van der Waals surface area contributed by atoms with Crippen molar-refractivity contribution >= 4 is 12.0 Å². The zero-order chi connectivity index (χ0) is 11.1. The van der Waals surface area contributed by atoms with Gasteiger partial charge in [0.2, 0.25) is 0 Å². The van der Waals surface area contributed by atoms with Crippen LogP contribution in [0.3, 0.4) is 0 Å². The summed E-state index contributed by atoms with van der Waals surface area (Å²) < 4.78 is 5.29. The van der Waals surface area contributed by atoms with Crippen LogP contribution in [-0.4, -0.2) is 17.7 Å². The van der Waals surface area contributed by atoms with Crippen LogP contribution in [0.5, 0.6) is 0 Å². The van der Waals surface area contributed by atoms with E-state index in [1.165, 1.54) is 0 Å². The first-order chi connectivity index (χ1) is 7.24. The summed E-state index contributed by atoms with van der Waals surface area (Å²) in [7, 11) is 0. The first kappa shape index (κ1) is 11.5. The molecule has 1 aromatic carbocycles. The van der Waals surface area contributed by atoms with Gasteiger partial charge in [0.25, 0.3) is 0 Å². The largest absolute Gasteiger partial charge is 0.478 e. The van der Waals surface area contributed by atoms with Crippen molar-refractivity contribution < 1.29 is 14.6 Å². The molecule has 80 valence electrons. The van der Waals surface area contributed by atoms with Crippen LogP contribution < -0.4 is 0 Å². The average molecular weight is 206 g/mol. The van der Waals surface area contributed by atoms with Crippen molar-refractivity contribution in [2.24, 2.45) is 0 Å². The summed E-state index contributed by atoms with van der Waals surface area (Å²) in [5.74, 6) is -0.943. The van der Waals surface area contributed by atoms with E-state index in [2.05, 4.69) is 0 Å². The van der Waals surface area contributed by atoms with Gasteiger partial charge < -0.3 is 9.84 Å². The molecule has 0 aliphatic rings. The van der Waals surface area contributed by atoms with Gasteiger partial charge in [0.1, 0.15) is 0 Å². The Morgan fingerprint density at radius 3 is 2.87 bits per heavy atom. The van der Waals surface area contributed by atoms with Crippen molar-refractivity contribution in [1.82, 2.24) is 0 Å². The molecule has 0 unspecified atom stereocenters. The lowest BCUT2D eigenvalue weighted by Gasteiger charge is -2.05. The Bertz CT molecular complexity index is 356. The van der Waals surface area contributed by atoms with Crippen molar-refractivity contribution in [2.75, 3.05) is 6.61 Å².